The molecule has 1 fully saturated rings. The maximum atomic E-state index is 11.9. The van der Waals surface area contributed by atoms with Gasteiger partial charge in [0.1, 0.15) is 0 Å². The van der Waals surface area contributed by atoms with Crippen LogP contribution in [0.25, 0.3) is 0 Å². The van der Waals surface area contributed by atoms with E-state index >= 15 is 0 Å². The Balaban J connectivity index is 1.20. The first-order chi connectivity index (χ1) is 14.2. The van der Waals surface area contributed by atoms with Crippen LogP contribution in [0.5, 0.6) is 0 Å². The zero-order valence-corrected chi connectivity index (χ0v) is 17.8. The van der Waals surface area contributed by atoms with Crippen molar-refractivity contribution in [3.8, 4) is 0 Å². The average molecular weight is 412 g/mol. The van der Waals surface area contributed by atoms with Crippen molar-refractivity contribution in [1.29, 1.82) is 0 Å². The third-order valence-corrected chi connectivity index (χ3v) is 6.64. The summed E-state index contributed by atoms with van der Waals surface area (Å²) in [4.78, 5) is 22.1. The second kappa shape index (κ2) is 9.41. The molecule has 1 aromatic carbocycles. The van der Waals surface area contributed by atoms with E-state index in [1.54, 1.807) is 11.9 Å². The molecule has 2 aliphatic heterocycles. The Morgan fingerprint density at radius 2 is 2.00 bits per heavy atom. The average Bonchev–Trinajstić information content (AvgIpc) is 3.39. The first kappa shape index (κ1) is 19.9. The standard InChI is InChI=1S/C22H29N5OS/c1-23-22(24-10-13-26-12-8-20-18(16-26)9-14-29-20)25-15-17-4-6-19(7-5-17)27-11-2-3-21(27)28/h4-7,9,14H,2-3,8,10-13,15-16H2,1H3,(H2,23,24,25). The largest absolute Gasteiger partial charge is 0.355 e. The summed E-state index contributed by atoms with van der Waals surface area (Å²) in [6.07, 6.45) is 2.78. The molecule has 6 nitrogen and oxygen atoms in total. The van der Waals surface area contributed by atoms with Crippen LogP contribution in [0.15, 0.2) is 40.7 Å². The Kier molecular flexibility index (Phi) is 6.46. The Labute approximate surface area is 176 Å². The van der Waals surface area contributed by atoms with Gasteiger partial charge in [-0.1, -0.05) is 12.1 Å². The molecule has 0 bridgehead atoms. The first-order valence-corrected chi connectivity index (χ1v) is 11.2. The molecule has 3 heterocycles. The van der Waals surface area contributed by atoms with E-state index in [9.17, 15) is 4.79 Å². The number of nitrogens with one attached hydrogen (secondary N) is 2. The lowest BCUT2D eigenvalue weighted by Gasteiger charge is -2.27. The van der Waals surface area contributed by atoms with Crippen molar-refractivity contribution >= 4 is 28.9 Å². The van der Waals surface area contributed by atoms with E-state index in [0.717, 1.165) is 50.8 Å². The second-order valence-corrected chi connectivity index (χ2v) is 8.56. The number of benzene rings is 1. The number of thiophene rings is 1. The Morgan fingerprint density at radius 3 is 2.76 bits per heavy atom. The number of hydrogen-bond acceptors (Lipinski definition) is 4. The molecule has 0 saturated carbocycles. The quantitative estimate of drug-likeness (QED) is 0.567. The van der Waals surface area contributed by atoms with Gasteiger partial charge in [0.2, 0.25) is 5.91 Å². The molecule has 0 spiro atoms. The number of aliphatic imine (C=N–C) groups is 1. The lowest BCUT2D eigenvalue weighted by atomic mass is 10.1. The minimum absolute atomic E-state index is 0.226. The molecule has 1 aromatic heterocycles. The van der Waals surface area contributed by atoms with Crippen LogP contribution >= 0.6 is 11.3 Å². The minimum Gasteiger partial charge on any atom is -0.355 e. The maximum absolute atomic E-state index is 11.9. The van der Waals surface area contributed by atoms with Gasteiger partial charge >= 0.3 is 0 Å². The van der Waals surface area contributed by atoms with Crippen LogP contribution in [-0.2, 0) is 24.3 Å². The molecule has 29 heavy (non-hydrogen) atoms. The van der Waals surface area contributed by atoms with E-state index in [0.29, 0.717) is 13.0 Å². The van der Waals surface area contributed by atoms with E-state index in [1.807, 2.05) is 28.4 Å². The van der Waals surface area contributed by atoms with Gasteiger partial charge in [-0.15, -0.1) is 11.3 Å². The van der Waals surface area contributed by atoms with Crippen LogP contribution in [0, 0.1) is 0 Å². The van der Waals surface area contributed by atoms with Gasteiger partial charge in [-0.05, 0) is 47.5 Å². The molecule has 0 aliphatic carbocycles. The second-order valence-electron chi connectivity index (χ2n) is 7.56. The number of guanidine groups is 1. The van der Waals surface area contributed by atoms with Gasteiger partial charge in [0.15, 0.2) is 5.96 Å². The van der Waals surface area contributed by atoms with Crippen molar-refractivity contribution in [3.05, 3.63) is 51.7 Å². The van der Waals surface area contributed by atoms with Crippen molar-refractivity contribution < 1.29 is 4.79 Å². The van der Waals surface area contributed by atoms with Gasteiger partial charge in [0, 0.05) is 63.3 Å². The number of rotatable bonds is 6. The lowest BCUT2D eigenvalue weighted by molar-refractivity contribution is -0.117. The normalized spacial score (nSPS) is 17.5. The fourth-order valence-electron chi connectivity index (χ4n) is 3.95. The number of nitrogens with zero attached hydrogens (tertiary/aromatic N) is 3. The molecule has 1 saturated heterocycles. The lowest BCUT2D eigenvalue weighted by Crippen LogP contribution is -2.42. The molecule has 7 heteroatoms. The van der Waals surface area contributed by atoms with Gasteiger partial charge in [0.05, 0.1) is 0 Å². The molecule has 2 aromatic rings. The molecule has 4 rings (SSSR count). The summed E-state index contributed by atoms with van der Waals surface area (Å²) in [5, 5.41) is 8.99. The number of amides is 1. The highest BCUT2D eigenvalue weighted by atomic mass is 32.1. The summed E-state index contributed by atoms with van der Waals surface area (Å²) in [5.41, 5.74) is 3.65. The number of anilines is 1. The third kappa shape index (κ3) is 4.97. The smallest absolute Gasteiger partial charge is 0.227 e. The van der Waals surface area contributed by atoms with Crippen LogP contribution in [-0.4, -0.2) is 50.0 Å². The summed E-state index contributed by atoms with van der Waals surface area (Å²) in [5.74, 6) is 1.04. The first-order valence-electron chi connectivity index (χ1n) is 10.3. The molecule has 2 aliphatic rings. The molecule has 1 amide bonds. The molecular weight excluding hydrogens is 382 g/mol. The molecule has 0 unspecified atom stereocenters. The predicted molar refractivity (Wildman–Crippen MR) is 120 cm³/mol. The fourth-order valence-corrected chi connectivity index (χ4v) is 4.84. The summed E-state index contributed by atoms with van der Waals surface area (Å²) in [6.45, 7) is 5.60. The Bertz CT molecular complexity index is 860. The van der Waals surface area contributed by atoms with Crippen LogP contribution in [0.3, 0.4) is 0 Å². The zero-order chi connectivity index (χ0) is 20.1. The maximum Gasteiger partial charge on any atom is 0.227 e. The minimum atomic E-state index is 0.226. The number of hydrogen-bond donors (Lipinski definition) is 2. The van der Waals surface area contributed by atoms with E-state index in [4.69, 9.17) is 0 Å². The van der Waals surface area contributed by atoms with Crippen LogP contribution in [0.4, 0.5) is 5.69 Å². The van der Waals surface area contributed by atoms with Crippen molar-refractivity contribution in [2.24, 2.45) is 4.99 Å². The summed E-state index contributed by atoms with van der Waals surface area (Å²) in [6, 6.07) is 10.5. The van der Waals surface area contributed by atoms with Crippen LogP contribution in [0.1, 0.15) is 28.8 Å². The zero-order valence-electron chi connectivity index (χ0n) is 17.0. The highest BCUT2D eigenvalue weighted by Crippen LogP contribution is 2.23. The summed E-state index contributed by atoms with van der Waals surface area (Å²) < 4.78 is 0. The van der Waals surface area contributed by atoms with Gasteiger partial charge in [0.25, 0.3) is 0 Å². The van der Waals surface area contributed by atoms with Crippen molar-refractivity contribution in [2.45, 2.75) is 32.4 Å². The van der Waals surface area contributed by atoms with Gasteiger partial charge in [-0.3, -0.25) is 14.7 Å². The third-order valence-electron chi connectivity index (χ3n) is 5.61. The van der Waals surface area contributed by atoms with Crippen LogP contribution in [0.2, 0.25) is 0 Å². The number of fused-ring (bicyclic) bond motifs is 1. The molecule has 0 radical (unpaired) electrons. The summed E-state index contributed by atoms with van der Waals surface area (Å²) in [7, 11) is 1.80. The van der Waals surface area contributed by atoms with Crippen LogP contribution < -0.4 is 15.5 Å². The summed E-state index contributed by atoms with van der Waals surface area (Å²) >= 11 is 1.88. The van der Waals surface area contributed by atoms with Crippen molar-refractivity contribution in [1.82, 2.24) is 15.5 Å². The molecule has 2 N–H and O–H groups in total. The van der Waals surface area contributed by atoms with Gasteiger partial charge in [-0.25, -0.2) is 0 Å². The highest BCUT2D eigenvalue weighted by Gasteiger charge is 2.21. The van der Waals surface area contributed by atoms with Gasteiger partial charge < -0.3 is 15.5 Å². The Morgan fingerprint density at radius 1 is 1.14 bits per heavy atom. The van der Waals surface area contributed by atoms with Crippen molar-refractivity contribution in [2.75, 3.05) is 38.1 Å². The number of carbonyl (C=O) groups is 1. The van der Waals surface area contributed by atoms with E-state index in [-0.39, 0.29) is 5.91 Å². The topological polar surface area (TPSA) is 60.0 Å². The van der Waals surface area contributed by atoms with E-state index in [1.165, 1.54) is 17.5 Å². The van der Waals surface area contributed by atoms with E-state index < -0.39 is 0 Å². The molecule has 154 valence electrons. The number of carbonyl (C=O) groups excluding carboxylic acids is 1. The van der Waals surface area contributed by atoms with Crippen molar-refractivity contribution in [3.63, 3.8) is 0 Å². The predicted octanol–water partition coefficient (Wildman–Crippen LogP) is 2.60. The fraction of sp³-hybridized carbons (Fsp3) is 0.455. The monoisotopic (exact) mass is 411 g/mol. The Hall–Kier alpha value is -2.38. The van der Waals surface area contributed by atoms with Gasteiger partial charge in [-0.2, -0.15) is 0 Å². The SMILES string of the molecule is CN=C(NCCN1CCc2sccc2C1)NCc1ccc(N2CCCC2=O)cc1. The molecular formula is C22H29N5OS. The van der Waals surface area contributed by atoms with E-state index in [2.05, 4.69) is 44.1 Å². The highest BCUT2D eigenvalue weighted by molar-refractivity contribution is 7.10. The molecule has 0 atom stereocenters.